The lowest BCUT2D eigenvalue weighted by molar-refractivity contribution is 0.125. The zero-order chi connectivity index (χ0) is 12.3. The summed E-state index contributed by atoms with van der Waals surface area (Å²) in [5.41, 5.74) is 6.02. The highest BCUT2D eigenvalue weighted by Gasteiger charge is 2.26. The molecule has 0 amide bonds. The highest BCUT2D eigenvalue weighted by molar-refractivity contribution is 4.81. The lowest BCUT2D eigenvalue weighted by atomic mass is 10.00. The van der Waals surface area contributed by atoms with Crippen LogP contribution in [0.3, 0.4) is 0 Å². The fraction of sp³-hybridized carbons (Fsp3) is 1.00. The van der Waals surface area contributed by atoms with Crippen molar-refractivity contribution in [1.29, 1.82) is 0 Å². The van der Waals surface area contributed by atoms with Gasteiger partial charge in [-0.05, 0) is 52.0 Å². The van der Waals surface area contributed by atoms with E-state index in [9.17, 15) is 0 Å². The van der Waals surface area contributed by atoms with Crippen molar-refractivity contribution in [2.24, 2.45) is 11.7 Å². The number of hydrogen-bond donors (Lipinski definition) is 1. The van der Waals surface area contributed by atoms with Gasteiger partial charge in [-0.2, -0.15) is 0 Å². The van der Waals surface area contributed by atoms with Crippen LogP contribution in [0.5, 0.6) is 0 Å². The molecule has 1 aliphatic carbocycles. The first-order chi connectivity index (χ1) is 8.03. The van der Waals surface area contributed by atoms with E-state index in [0.717, 1.165) is 12.3 Å². The molecule has 0 spiro atoms. The second-order valence-electron chi connectivity index (χ2n) is 6.68. The highest BCUT2D eigenvalue weighted by Crippen LogP contribution is 2.29. The molecule has 0 aromatic carbocycles. The third-order valence-electron chi connectivity index (χ3n) is 3.97. The van der Waals surface area contributed by atoms with Crippen molar-refractivity contribution in [2.75, 3.05) is 39.3 Å². The molecule has 2 rings (SSSR count). The number of rotatable bonds is 6. The smallest absolute Gasteiger partial charge is 0.0110 e. The Balaban J connectivity index is 1.55. The van der Waals surface area contributed by atoms with Crippen molar-refractivity contribution in [3.05, 3.63) is 0 Å². The van der Waals surface area contributed by atoms with Crippen molar-refractivity contribution in [1.82, 2.24) is 9.80 Å². The van der Waals surface area contributed by atoms with E-state index in [2.05, 4.69) is 23.6 Å². The molecule has 0 aromatic heterocycles. The van der Waals surface area contributed by atoms with Crippen LogP contribution in [0.2, 0.25) is 0 Å². The molecule has 0 unspecified atom stereocenters. The van der Waals surface area contributed by atoms with E-state index in [1.807, 2.05) is 0 Å². The lowest BCUT2D eigenvalue weighted by Crippen LogP contribution is -2.47. The Morgan fingerprint density at radius 3 is 2.18 bits per heavy atom. The van der Waals surface area contributed by atoms with Gasteiger partial charge in [0.2, 0.25) is 0 Å². The Morgan fingerprint density at radius 2 is 1.65 bits per heavy atom. The Kier molecular flexibility index (Phi) is 4.45. The number of nitrogens with two attached hydrogens (primary N) is 1. The maximum absolute atomic E-state index is 6.01. The Bertz CT molecular complexity index is 222. The molecule has 2 aliphatic rings. The van der Waals surface area contributed by atoms with Gasteiger partial charge in [-0.15, -0.1) is 0 Å². The second-order valence-corrected chi connectivity index (χ2v) is 6.68. The Morgan fingerprint density at radius 1 is 1.06 bits per heavy atom. The van der Waals surface area contributed by atoms with Gasteiger partial charge in [0.25, 0.3) is 0 Å². The summed E-state index contributed by atoms with van der Waals surface area (Å²) in [6.07, 6.45) is 5.33. The SMILES string of the molecule is CC(C)(N)CCCN1CCN(CC2CC2)CC1. The minimum atomic E-state index is 0.00773. The summed E-state index contributed by atoms with van der Waals surface area (Å²) in [7, 11) is 0. The quantitative estimate of drug-likeness (QED) is 0.763. The Hall–Kier alpha value is -0.120. The van der Waals surface area contributed by atoms with E-state index in [1.54, 1.807) is 0 Å². The normalized spacial score (nSPS) is 24.2. The molecule has 0 radical (unpaired) electrons. The summed E-state index contributed by atoms with van der Waals surface area (Å²) in [6, 6.07) is 0. The average Bonchev–Trinajstić information content (AvgIpc) is 3.03. The summed E-state index contributed by atoms with van der Waals surface area (Å²) in [6.45, 7) is 11.9. The van der Waals surface area contributed by atoms with Gasteiger partial charge in [-0.1, -0.05) is 0 Å². The molecule has 0 bridgehead atoms. The van der Waals surface area contributed by atoms with Crippen molar-refractivity contribution in [3.8, 4) is 0 Å². The third kappa shape index (κ3) is 5.36. The summed E-state index contributed by atoms with van der Waals surface area (Å²) in [4.78, 5) is 5.26. The van der Waals surface area contributed by atoms with Gasteiger partial charge < -0.3 is 15.5 Å². The fourth-order valence-electron chi connectivity index (χ4n) is 2.62. The van der Waals surface area contributed by atoms with E-state index in [-0.39, 0.29) is 5.54 Å². The first-order valence-corrected chi connectivity index (χ1v) is 7.26. The standard InChI is InChI=1S/C14H29N3/c1-14(2,15)6-3-7-16-8-10-17(11-9-16)12-13-4-5-13/h13H,3-12,15H2,1-2H3. The molecule has 1 heterocycles. The molecule has 1 aliphatic heterocycles. The maximum atomic E-state index is 6.01. The molecule has 1 saturated heterocycles. The van der Waals surface area contributed by atoms with Crippen LogP contribution in [-0.2, 0) is 0 Å². The van der Waals surface area contributed by atoms with Gasteiger partial charge in [-0.3, -0.25) is 0 Å². The van der Waals surface area contributed by atoms with E-state index >= 15 is 0 Å². The van der Waals surface area contributed by atoms with Gasteiger partial charge >= 0.3 is 0 Å². The number of hydrogen-bond acceptors (Lipinski definition) is 3. The predicted octanol–water partition coefficient (Wildman–Crippen LogP) is 1.53. The molecule has 3 nitrogen and oxygen atoms in total. The summed E-state index contributed by atoms with van der Waals surface area (Å²) < 4.78 is 0. The van der Waals surface area contributed by atoms with Crippen LogP contribution in [0, 0.1) is 5.92 Å². The van der Waals surface area contributed by atoms with Gasteiger partial charge in [0, 0.05) is 38.3 Å². The number of piperazine rings is 1. The van der Waals surface area contributed by atoms with Crippen molar-refractivity contribution < 1.29 is 0 Å². The van der Waals surface area contributed by atoms with E-state index < -0.39 is 0 Å². The topological polar surface area (TPSA) is 32.5 Å². The lowest BCUT2D eigenvalue weighted by Gasteiger charge is -2.35. The van der Waals surface area contributed by atoms with Crippen LogP contribution >= 0.6 is 0 Å². The maximum Gasteiger partial charge on any atom is 0.0110 e. The van der Waals surface area contributed by atoms with Gasteiger partial charge in [0.1, 0.15) is 0 Å². The van der Waals surface area contributed by atoms with Crippen molar-refractivity contribution in [2.45, 2.75) is 45.1 Å². The van der Waals surface area contributed by atoms with Crippen LogP contribution in [0.15, 0.2) is 0 Å². The minimum Gasteiger partial charge on any atom is -0.326 e. The third-order valence-corrected chi connectivity index (χ3v) is 3.97. The van der Waals surface area contributed by atoms with Gasteiger partial charge in [-0.25, -0.2) is 0 Å². The molecule has 1 saturated carbocycles. The average molecular weight is 239 g/mol. The molecular weight excluding hydrogens is 210 g/mol. The summed E-state index contributed by atoms with van der Waals surface area (Å²) in [5, 5.41) is 0. The minimum absolute atomic E-state index is 0.00773. The highest BCUT2D eigenvalue weighted by atomic mass is 15.3. The van der Waals surface area contributed by atoms with Crippen LogP contribution in [0.4, 0.5) is 0 Å². The first kappa shape index (κ1) is 13.3. The fourth-order valence-corrected chi connectivity index (χ4v) is 2.62. The Labute approximate surface area is 106 Å². The molecule has 0 atom stereocenters. The molecule has 2 fully saturated rings. The number of nitrogens with zero attached hydrogens (tertiary/aromatic N) is 2. The van der Waals surface area contributed by atoms with E-state index in [4.69, 9.17) is 5.73 Å². The molecular formula is C14H29N3. The van der Waals surface area contributed by atoms with Crippen LogP contribution in [-0.4, -0.2) is 54.6 Å². The van der Waals surface area contributed by atoms with Crippen molar-refractivity contribution in [3.63, 3.8) is 0 Å². The predicted molar refractivity (Wildman–Crippen MR) is 73.1 cm³/mol. The van der Waals surface area contributed by atoms with E-state index in [0.29, 0.717) is 0 Å². The van der Waals surface area contributed by atoms with Crippen LogP contribution < -0.4 is 5.73 Å². The van der Waals surface area contributed by atoms with Crippen molar-refractivity contribution >= 4 is 0 Å². The molecule has 17 heavy (non-hydrogen) atoms. The zero-order valence-corrected chi connectivity index (χ0v) is 11.6. The molecule has 3 heteroatoms. The molecule has 100 valence electrons. The van der Waals surface area contributed by atoms with Crippen LogP contribution in [0.25, 0.3) is 0 Å². The largest absolute Gasteiger partial charge is 0.326 e. The van der Waals surface area contributed by atoms with E-state index in [1.165, 1.54) is 58.5 Å². The molecule has 0 aromatic rings. The van der Waals surface area contributed by atoms with Crippen LogP contribution in [0.1, 0.15) is 39.5 Å². The first-order valence-electron chi connectivity index (χ1n) is 7.26. The van der Waals surface area contributed by atoms with Gasteiger partial charge in [0.15, 0.2) is 0 Å². The zero-order valence-electron chi connectivity index (χ0n) is 11.6. The second kappa shape index (κ2) is 5.68. The summed E-state index contributed by atoms with van der Waals surface area (Å²) >= 11 is 0. The molecule has 2 N–H and O–H groups in total. The van der Waals surface area contributed by atoms with Gasteiger partial charge in [0.05, 0.1) is 0 Å². The summed E-state index contributed by atoms with van der Waals surface area (Å²) in [5.74, 6) is 1.04. The monoisotopic (exact) mass is 239 g/mol.